The lowest BCUT2D eigenvalue weighted by Gasteiger charge is -2.23. The molecule has 0 radical (unpaired) electrons. The second-order valence-electron chi connectivity index (χ2n) is 4.02. The summed E-state index contributed by atoms with van der Waals surface area (Å²) < 4.78 is 33.1. The summed E-state index contributed by atoms with van der Waals surface area (Å²) >= 11 is 0. The van der Waals surface area contributed by atoms with Gasteiger partial charge in [-0.1, -0.05) is 0 Å². The van der Waals surface area contributed by atoms with E-state index in [9.17, 15) is 8.42 Å². The van der Waals surface area contributed by atoms with E-state index in [0.29, 0.717) is 19.0 Å². The third-order valence-corrected chi connectivity index (χ3v) is 3.52. The van der Waals surface area contributed by atoms with Crippen LogP contribution in [0.4, 0.5) is 0 Å². The van der Waals surface area contributed by atoms with Gasteiger partial charge in [-0.2, -0.15) is 0 Å². The van der Waals surface area contributed by atoms with Crippen molar-refractivity contribution in [1.29, 1.82) is 0 Å². The summed E-state index contributed by atoms with van der Waals surface area (Å²) in [4.78, 5) is 0.0745. The van der Waals surface area contributed by atoms with Gasteiger partial charge in [-0.3, -0.25) is 0 Å². The monoisotopic (exact) mass is 272 g/mol. The summed E-state index contributed by atoms with van der Waals surface area (Å²) in [6.45, 7) is 2.73. The Morgan fingerprint density at radius 2 is 2.11 bits per heavy atom. The number of nitrogens with two attached hydrogens (primary N) is 1. The zero-order valence-corrected chi connectivity index (χ0v) is 10.7. The largest absolute Gasteiger partial charge is 0.491 e. The van der Waals surface area contributed by atoms with Crippen molar-refractivity contribution in [3.8, 4) is 5.75 Å². The van der Waals surface area contributed by atoms with Gasteiger partial charge < -0.3 is 14.8 Å². The Bertz CT molecular complexity index is 480. The lowest BCUT2D eigenvalue weighted by molar-refractivity contribution is 0.000185. The van der Waals surface area contributed by atoms with Gasteiger partial charge in [0.15, 0.2) is 0 Å². The van der Waals surface area contributed by atoms with E-state index in [1.165, 1.54) is 12.1 Å². The van der Waals surface area contributed by atoms with Crippen LogP contribution < -0.4 is 15.2 Å². The fraction of sp³-hybridized carbons (Fsp3) is 0.455. The summed E-state index contributed by atoms with van der Waals surface area (Å²) in [6.07, 6.45) is 0.0247. The first-order valence-electron chi connectivity index (χ1n) is 5.64. The molecule has 0 aromatic heterocycles. The van der Waals surface area contributed by atoms with Crippen LogP contribution in [0.2, 0.25) is 0 Å². The Morgan fingerprint density at radius 1 is 1.39 bits per heavy atom. The summed E-state index contributed by atoms with van der Waals surface area (Å²) in [6, 6.07) is 6.00. The predicted octanol–water partition coefficient (Wildman–Crippen LogP) is -0.299. The molecule has 1 heterocycles. The zero-order valence-electron chi connectivity index (χ0n) is 9.83. The van der Waals surface area contributed by atoms with Gasteiger partial charge in [-0.15, -0.1) is 0 Å². The van der Waals surface area contributed by atoms with E-state index in [0.717, 1.165) is 13.1 Å². The fourth-order valence-electron chi connectivity index (χ4n) is 1.64. The highest BCUT2D eigenvalue weighted by atomic mass is 32.2. The Balaban J connectivity index is 1.90. The summed E-state index contributed by atoms with van der Waals surface area (Å²) in [5.41, 5.74) is 0. The van der Waals surface area contributed by atoms with Crippen molar-refractivity contribution in [3.05, 3.63) is 24.3 Å². The molecule has 3 N–H and O–H groups in total. The van der Waals surface area contributed by atoms with Crippen molar-refractivity contribution >= 4 is 10.0 Å². The normalized spacial score (nSPS) is 20.6. The molecule has 18 heavy (non-hydrogen) atoms. The van der Waals surface area contributed by atoms with Crippen molar-refractivity contribution in [1.82, 2.24) is 5.32 Å². The van der Waals surface area contributed by atoms with E-state index in [1.807, 2.05) is 0 Å². The molecule has 1 unspecified atom stereocenters. The summed E-state index contributed by atoms with van der Waals surface area (Å²) in [5.74, 6) is 0.594. The fourth-order valence-corrected chi connectivity index (χ4v) is 2.16. The molecule has 1 saturated heterocycles. The molecule has 0 saturated carbocycles. The van der Waals surface area contributed by atoms with Gasteiger partial charge in [0.2, 0.25) is 10.0 Å². The van der Waals surface area contributed by atoms with Gasteiger partial charge in [0.25, 0.3) is 0 Å². The van der Waals surface area contributed by atoms with Crippen molar-refractivity contribution in [2.24, 2.45) is 5.14 Å². The van der Waals surface area contributed by atoms with Gasteiger partial charge in [-0.05, 0) is 24.3 Å². The number of nitrogens with one attached hydrogen (secondary N) is 1. The molecule has 100 valence electrons. The number of hydrogen-bond donors (Lipinski definition) is 2. The molecule has 0 spiro atoms. The van der Waals surface area contributed by atoms with Crippen LogP contribution in [0.25, 0.3) is 0 Å². The van der Waals surface area contributed by atoms with Gasteiger partial charge >= 0.3 is 0 Å². The van der Waals surface area contributed by atoms with E-state index in [1.54, 1.807) is 12.1 Å². The molecule has 1 aromatic rings. The average Bonchev–Trinajstić information content (AvgIpc) is 2.37. The second kappa shape index (κ2) is 5.66. The van der Waals surface area contributed by atoms with Crippen LogP contribution in [-0.4, -0.2) is 40.8 Å². The minimum Gasteiger partial charge on any atom is -0.491 e. The first kappa shape index (κ1) is 13.3. The molecule has 1 aromatic carbocycles. The Morgan fingerprint density at radius 3 is 2.67 bits per heavy atom. The maximum Gasteiger partial charge on any atom is 0.238 e. The lowest BCUT2D eigenvalue weighted by Crippen LogP contribution is -2.41. The molecule has 1 fully saturated rings. The van der Waals surface area contributed by atoms with Gasteiger partial charge in [0.05, 0.1) is 11.5 Å². The first-order chi connectivity index (χ1) is 8.55. The smallest absolute Gasteiger partial charge is 0.238 e. The Hall–Kier alpha value is -1.15. The van der Waals surface area contributed by atoms with E-state index in [2.05, 4.69) is 5.32 Å². The molecule has 6 nitrogen and oxygen atoms in total. The number of benzene rings is 1. The maximum atomic E-state index is 11.1. The lowest BCUT2D eigenvalue weighted by atomic mass is 10.3. The molecular formula is C11H16N2O4S. The van der Waals surface area contributed by atoms with Gasteiger partial charge in [0.1, 0.15) is 18.5 Å². The third kappa shape index (κ3) is 3.67. The molecule has 1 atom stereocenters. The maximum absolute atomic E-state index is 11.1. The van der Waals surface area contributed by atoms with Gasteiger partial charge in [-0.25, -0.2) is 13.6 Å². The summed E-state index contributed by atoms with van der Waals surface area (Å²) in [5, 5.41) is 8.20. The standard InChI is InChI=1S/C11H16N2O4S/c12-18(14,15)11-3-1-9(2-4-11)17-8-10-7-13-5-6-16-10/h1-4,10,13H,5-8H2,(H2,12,14,15). The van der Waals surface area contributed by atoms with Crippen molar-refractivity contribution < 1.29 is 17.9 Å². The van der Waals surface area contributed by atoms with E-state index in [4.69, 9.17) is 14.6 Å². The zero-order chi connectivity index (χ0) is 13.0. The van der Waals surface area contributed by atoms with Crippen molar-refractivity contribution in [2.45, 2.75) is 11.0 Å². The number of primary sulfonamides is 1. The molecule has 1 aliphatic rings. The number of sulfonamides is 1. The van der Waals surface area contributed by atoms with Crippen LogP contribution in [0.5, 0.6) is 5.75 Å². The highest BCUT2D eigenvalue weighted by Gasteiger charge is 2.14. The average molecular weight is 272 g/mol. The van der Waals surface area contributed by atoms with E-state index in [-0.39, 0.29) is 11.0 Å². The van der Waals surface area contributed by atoms with E-state index < -0.39 is 10.0 Å². The van der Waals surface area contributed by atoms with Crippen molar-refractivity contribution in [2.75, 3.05) is 26.3 Å². The highest BCUT2D eigenvalue weighted by Crippen LogP contribution is 2.15. The van der Waals surface area contributed by atoms with Crippen LogP contribution >= 0.6 is 0 Å². The summed E-state index contributed by atoms with van der Waals surface area (Å²) in [7, 11) is -3.65. The van der Waals surface area contributed by atoms with Crippen LogP contribution in [0.3, 0.4) is 0 Å². The van der Waals surface area contributed by atoms with E-state index >= 15 is 0 Å². The topological polar surface area (TPSA) is 90.7 Å². The molecule has 7 heteroatoms. The first-order valence-corrected chi connectivity index (χ1v) is 7.18. The minimum atomic E-state index is -3.65. The quantitative estimate of drug-likeness (QED) is 0.785. The number of morpholine rings is 1. The number of hydrogen-bond acceptors (Lipinski definition) is 5. The molecule has 0 aliphatic carbocycles. The second-order valence-corrected chi connectivity index (χ2v) is 5.59. The molecule has 2 rings (SSSR count). The van der Waals surface area contributed by atoms with Gasteiger partial charge in [0, 0.05) is 13.1 Å². The van der Waals surface area contributed by atoms with Crippen LogP contribution in [0.1, 0.15) is 0 Å². The highest BCUT2D eigenvalue weighted by molar-refractivity contribution is 7.89. The molecule has 0 amide bonds. The Kier molecular flexibility index (Phi) is 4.18. The minimum absolute atomic E-state index is 0.0247. The molecular weight excluding hydrogens is 256 g/mol. The predicted molar refractivity (Wildman–Crippen MR) is 65.9 cm³/mol. The van der Waals surface area contributed by atoms with Crippen LogP contribution in [-0.2, 0) is 14.8 Å². The SMILES string of the molecule is NS(=O)(=O)c1ccc(OCC2CNCCO2)cc1. The number of rotatable bonds is 4. The van der Waals surface area contributed by atoms with Crippen LogP contribution in [0, 0.1) is 0 Å². The Labute approximate surface area is 106 Å². The molecule has 0 bridgehead atoms. The molecule has 1 aliphatic heterocycles. The van der Waals surface area contributed by atoms with Crippen LogP contribution in [0.15, 0.2) is 29.2 Å². The third-order valence-electron chi connectivity index (χ3n) is 2.59. The number of ether oxygens (including phenoxy) is 2. The van der Waals surface area contributed by atoms with Crippen molar-refractivity contribution in [3.63, 3.8) is 0 Å².